The van der Waals surface area contributed by atoms with E-state index in [0.29, 0.717) is 11.6 Å². The van der Waals surface area contributed by atoms with Crippen LogP contribution in [0.5, 0.6) is 0 Å². The average Bonchev–Trinajstić information content (AvgIpc) is 2.81. The third-order valence-corrected chi connectivity index (χ3v) is 6.14. The topological polar surface area (TPSA) is 24.8 Å². The molecule has 0 radical (unpaired) electrons. The number of benzene rings is 3. The summed E-state index contributed by atoms with van der Waals surface area (Å²) in [5.74, 6) is -0.106. The molecule has 0 aliphatic carbocycles. The minimum atomic E-state index is -4.35. The van der Waals surface area contributed by atoms with E-state index in [4.69, 9.17) is 16.4 Å². The predicted molar refractivity (Wildman–Crippen MR) is 124 cm³/mol. The number of rotatable bonds is 6. The van der Waals surface area contributed by atoms with Gasteiger partial charge in [0.1, 0.15) is 6.61 Å². The molecule has 0 bridgehead atoms. The van der Waals surface area contributed by atoms with Crippen LogP contribution < -0.4 is 0 Å². The van der Waals surface area contributed by atoms with E-state index in [9.17, 15) is 13.2 Å². The lowest BCUT2D eigenvalue weighted by Crippen LogP contribution is -2.39. The average molecular weight is 473 g/mol. The summed E-state index contributed by atoms with van der Waals surface area (Å²) in [6.07, 6.45) is -3.61. The number of likely N-dealkylation sites (tertiary alicyclic amines) is 1. The van der Waals surface area contributed by atoms with E-state index >= 15 is 0 Å². The highest BCUT2D eigenvalue weighted by molar-refractivity contribution is 6.31. The summed E-state index contributed by atoms with van der Waals surface area (Å²) >= 11 is 6.21. The lowest BCUT2D eigenvalue weighted by Gasteiger charge is -2.33. The van der Waals surface area contributed by atoms with E-state index in [2.05, 4.69) is 22.2 Å². The highest BCUT2D eigenvalue weighted by Crippen LogP contribution is 2.32. The normalized spacial score (nSPS) is 18.4. The van der Waals surface area contributed by atoms with Crippen molar-refractivity contribution in [2.75, 3.05) is 13.1 Å². The molecule has 33 heavy (non-hydrogen) atoms. The second-order valence-electron chi connectivity index (χ2n) is 8.10. The van der Waals surface area contributed by atoms with Crippen LogP contribution in [0.1, 0.15) is 34.6 Å². The van der Waals surface area contributed by atoms with E-state index in [1.54, 1.807) is 18.2 Å². The highest BCUT2D eigenvalue weighted by Gasteiger charge is 2.32. The summed E-state index contributed by atoms with van der Waals surface area (Å²) in [6, 6.07) is 22.9. The van der Waals surface area contributed by atoms with Gasteiger partial charge in [0.25, 0.3) is 0 Å². The van der Waals surface area contributed by atoms with Crippen molar-refractivity contribution in [2.45, 2.75) is 31.7 Å². The molecule has 172 valence electrons. The monoisotopic (exact) mass is 472 g/mol. The molecule has 1 saturated heterocycles. The third-order valence-electron chi connectivity index (χ3n) is 5.77. The Hall–Kier alpha value is -2.83. The van der Waals surface area contributed by atoms with Gasteiger partial charge in [-0.15, -0.1) is 0 Å². The molecule has 0 aromatic heterocycles. The van der Waals surface area contributed by atoms with Crippen LogP contribution in [0.4, 0.5) is 13.2 Å². The fourth-order valence-electron chi connectivity index (χ4n) is 4.03. The Labute approximate surface area is 196 Å². The van der Waals surface area contributed by atoms with Gasteiger partial charge in [-0.25, -0.2) is 0 Å². The molecule has 3 nitrogen and oxygen atoms in total. The summed E-state index contributed by atoms with van der Waals surface area (Å²) in [5, 5.41) is 5.04. The van der Waals surface area contributed by atoms with Crippen LogP contribution in [0.2, 0.25) is 5.02 Å². The van der Waals surface area contributed by atoms with Crippen molar-refractivity contribution in [2.24, 2.45) is 5.16 Å². The zero-order valence-electron chi connectivity index (χ0n) is 17.9. The van der Waals surface area contributed by atoms with Gasteiger partial charge in [-0.3, -0.25) is 4.90 Å². The molecule has 1 atom stereocenters. The van der Waals surface area contributed by atoms with Crippen molar-refractivity contribution in [1.82, 2.24) is 4.90 Å². The molecule has 1 aliphatic rings. The number of piperidine rings is 1. The lowest BCUT2D eigenvalue weighted by atomic mass is 9.87. The fraction of sp³-hybridized carbons (Fsp3) is 0.269. The van der Waals surface area contributed by atoms with E-state index in [-0.39, 0.29) is 12.5 Å². The highest BCUT2D eigenvalue weighted by atomic mass is 35.5. The van der Waals surface area contributed by atoms with Crippen LogP contribution in [-0.2, 0) is 24.2 Å². The number of halogens is 4. The first-order chi connectivity index (χ1) is 15.9. The van der Waals surface area contributed by atoms with Gasteiger partial charge >= 0.3 is 6.18 Å². The van der Waals surface area contributed by atoms with Gasteiger partial charge in [0, 0.05) is 29.6 Å². The molecule has 0 spiro atoms. The molecule has 7 heteroatoms. The molecular weight excluding hydrogens is 449 g/mol. The Morgan fingerprint density at radius 1 is 0.939 bits per heavy atom. The first-order valence-electron chi connectivity index (χ1n) is 10.8. The fourth-order valence-corrected chi connectivity index (χ4v) is 4.22. The van der Waals surface area contributed by atoms with E-state index in [0.717, 1.165) is 48.5 Å². The number of hydrogen-bond acceptors (Lipinski definition) is 3. The minimum Gasteiger partial charge on any atom is -0.391 e. The first-order valence-corrected chi connectivity index (χ1v) is 11.1. The zero-order chi connectivity index (χ0) is 23.3. The second-order valence-corrected chi connectivity index (χ2v) is 8.51. The lowest BCUT2D eigenvalue weighted by molar-refractivity contribution is -0.137. The van der Waals surface area contributed by atoms with Gasteiger partial charge < -0.3 is 4.84 Å². The van der Waals surface area contributed by atoms with Crippen LogP contribution in [0.25, 0.3) is 0 Å². The van der Waals surface area contributed by atoms with Crippen LogP contribution in [0.3, 0.4) is 0 Å². The van der Waals surface area contributed by atoms with Crippen molar-refractivity contribution >= 4 is 17.3 Å². The van der Waals surface area contributed by atoms with Gasteiger partial charge in [0.15, 0.2) is 0 Å². The third kappa shape index (κ3) is 6.15. The Morgan fingerprint density at radius 3 is 2.33 bits per heavy atom. The van der Waals surface area contributed by atoms with Gasteiger partial charge in [-0.05, 0) is 42.3 Å². The molecule has 1 aliphatic heterocycles. The summed E-state index contributed by atoms with van der Waals surface area (Å²) in [6.45, 7) is 2.37. The van der Waals surface area contributed by atoms with Crippen molar-refractivity contribution in [3.05, 3.63) is 106 Å². The number of oxime groups is 1. The Kier molecular flexibility index (Phi) is 7.36. The van der Waals surface area contributed by atoms with Gasteiger partial charge in [-0.1, -0.05) is 77.4 Å². The van der Waals surface area contributed by atoms with Gasteiger partial charge in [0.2, 0.25) is 0 Å². The molecule has 0 saturated carbocycles. The van der Waals surface area contributed by atoms with Crippen molar-refractivity contribution in [3.63, 3.8) is 0 Å². The SMILES string of the molecule is FC(F)(F)c1ccc(C2CCN(Cc3ccccc3)C/C2=N\OCc2ccccc2Cl)cc1. The smallest absolute Gasteiger partial charge is 0.391 e. The Balaban J connectivity index is 1.53. The number of nitrogens with zero attached hydrogens (tertiary/aromatic N) is 2. The molecular formula is C26H24ClF3N2O. The molecule has 3 aromatic rings. The summed E-state index contributed by atoms with van der Waals surface area (Å²) < 4.78 is 39.0. The molecule has 0 amide bonds. The van der Waals surface area contributed by atoms with Crippen LogP contribution in [0.15, 0.2) is 84.0 Å². The first kappa shape index (κ1) is 23.3. The van der Waals surface area contributed by atoms with Crippen molar-refractivity contribution < 1.29 is 18.0 Å². The van der Waals surface area contributed by atoms with Crippen molar-refractivity contribution in [1.29, 1.82) is 0 Å². The maximum absolute atomic E-state index is 13.0. The molecule has 4 rings (SSSR count). The number of alkyl halides is 3. The van der Waals surface area contributed by atoms with Gasteiger partial charge in [-0.2, -0.15) is 13.2 Å². The quantitative estimate of drug-likeness (QED) is 0.364. The maximum atomic E-state index is 13.0. The van der Waals surface area contributed by atoms with Crippen molar-refractivity contribution in [3.8, 4) is 0 Å². The van der Waals surface area contributed by atoms with E-state index in [1.165, 1.54) is 5.56 Å². The summed E-state index contributed by atoms with van der Waals surface area (Å²) in [7, 11) is 0. The molecule has 1 unspecified atom stereocenters. The number of hydrogen-bond donors (Lipinski definition) is 0. The molecule has 1 fully saturated rings. The van der Waals surface area contributed by atoms with E-state index < -0.39 is 11.7 Å². The Bertz CT molecular complexity index is 1080. The predicted octanol–water partition coefficient (Wildman–Crippen LogP) is 6.92. The van der Waals surface area contributed by atoms with E-state index in [1.807, 2.05) is 36.4 Å². The van der Waals surface area contributed by atoms with Gasteiger partial charge in [0.05, 0.1) is 11.3 Å². The van der Waals surface area contributed by atoms with Crippen LogP contribution >= 0.6 is 11.6 Å². The summed E-state index contributed by atoms with van der Waals surface area (Å²) in [4.78, 5) is 7.94. The largest absolute Gasteiger partial charge is 0.416 e. The molecule has 3 aromatic carbocycles. The maximum Gasteiger partial charge on any atom is 0.416 e. The molecule has 1 heterocycles. The Morgan fingerprint density at radius 2 is 1.64 bits per heavy atom. The van der Waals surface area contributed by atoms with Crippen LogP contribution in [0, 0.1) is 0 Å². The summed E-state index contributed by atoms with van der Waals surface area (Å²) in [5.41, 5.74) is 2.97. The minimum absolute atomic E-state index is 0.106. The van der Waals surface area contributed by atoms with Crippen LogP contribution in [-0.4, -0.2) is 23.7 Å². The zero-order valence-corrected chi connectivity index (χ0v) is 18.7. The molecule has 0 N–H and O–H groups in total. The standard InChI is InChI=1S/C26H24ClF3N2O/c27-24-9-5-4-8-21(24)18-33-31-25-17-32(16-19-6-2-1-3-7-19)15-14-23(25)20-10-12-22(13-11-20)26(28,29)30/h1-13,23H,14-18H2/b31-25+. The second kappa shape index (κ2) is 10.4.